The molecule has 2 rings (SSSR count). The van der Waals surface area contributed by atoms with E-state index in [1.807, 2.05) is 6.07 Å². The lowest BCUT2D eigenvalue weighted by Gasteiger charge is -2.09. The maximum absolute atomic E-state index is 13.3. The van der Waals surface area contributed by atoms with E-state index in [9.17, 15) is 4.39 Å². The Morgan fingerprint density at radius 1 is 1.19 bits per heavy atom. The standard InChI is InChI=1S/C17H11ClFNO/c18-8-2-5-15-6-7-16(19)10-17(15)21-12-14-4-1-3-13(9-14)11-20/h1,3-4,6-7,9-10H,8,12H2. The molecule has 2 aromatic rings. The fraction of sp³-hybridized carbons (Fsp3) is 0.118. The first-order chi connectivity index (χ1) is 10.2. The second kappa shape index (κ2) is 7.33. The van der Waals surface area contributed by atoms with Crippen molar-refractivity contribution >= 4 is 11.6 Å². The highest BCUT2D eigenvalue weighted by molar-refractivity contribution is 6.19. The molecule has 0 aliphatic rings. The van der Waals surface area contributed by atoms with Crippen LogP contribution in [0.3, 0.4) is 0 Å². The monoisotopic (exact) mass is 299 g/mol. The number of nitriles is 1. The van der Waals surface area contributed by atoms with Crippen molar-refractivity contribution in [2.75, 3.05) is 5.88 Å². The van der Waals surface area contributed by atoms with E-state index in [0.717, 1.165) is 5.56 Å². The summed E-state index contributed by atoms with van der Waals surface area (Å²) in [6.07, 6.45) is 0. The number of alkyl halides is 1. The number of ether oxygens (including phenoxy) is 1. The topological polar surface area (TPSA) is 33.0 Å². The molecule has 0 atom stereocenters. The van der Waals surface area contributed by atoms with Crippen LogP contribution in [-0.2, 0) is 6.61 Å². The predicted molar refractivity (Wildman–Crippen MR) is 79.5 cm³/mol. The number of benzene rings is 2. The molecule has 2 aromatic carbocycles. The van der Waals surface area contributed by atoms with E-state index >= 15 is 0 Å². The number of nitrogens with zero attached hydrogens (tertiary/aromatic N) is 1. The minimum Gasteiger partial charge on any atom is -0.487 e. The lowest BCUT2D eigenvalue weighted by Crippen LogP contribution is -1.98. The molecule has 0 spiro atoms. The van der Waals surface area contributed by atoms with Crippen molar-refractivity contribution in [3.05, 3.63) is 65.0 Å². The molecule has 0 N–H and O–H groups in total. The summed E-state index contributed by atoms with van der Waals surface area (Å²) in [6, 6.07) is 13.3. The van der Waals surface area contributed by atoms with Gasteiger partial charge in [-0.2, -0.15) is 5.26 Å². The predicted octanol–water partition coefficient (Wildman–Crippen LogP) is 3.87. The van der Waals surface area contributed by atoms with Crippen LogP contribution < -0.4 is 4.74 Å². The Morgan fingerprint density at radius 2 is 2.05 bits per heavy atom. The molecule has 0 radical (unpaired) electrons. The molecule has 0 aliphatic heterocycles. The summed E-state index contributed by atoms with van der Waals surface area (Å²) in [6.45, 7) is 0.231. The molecular formula is C17H11ClFNO. The van der Waals surface area contributed by atoms with Crippen LogP contribution in [0, 0.1) is 29.0 Å². The third-order valence-electron chi connectivity index (χ3n) is 2.68. The lowest BCUT2D eigenvalue weighted by atomic mass is 10.1. The normalized spacial score (nSPS) is 9.38. The lowest BCUT2D eigenvalue weighted by molar-refractivity contribution is 0.303. The second-order valence-corrected chi connectivity index (χ2v) is 4.44. The van der Waals surface area contributed by atoms with Gasteiger partial charge in [-0.15, -0.1) is 11.6 Å². The number of hydrogen-bond acceptors (Lipinski definition) is 2. The largest absolute Gasteiger partial charge is 0.487 e. The van der Waals surface area contributed by atoms with E-state index in [-0.39, 0.29) is 12.5 Å². The van der Waals surface area contributed by atoms with E-state index in [2.05, 4.69) is 17.9 Å². The SMILES string of the molecule is N#Cc1cccc(COc2cc(F)ccc2C#CCCl)c1. The Hall–Kier alpha value is -2.49. The second-order valence-electron chi connectivity index (χ2n) is 4.18. The summed E-state index contributed by atoms with van der Waals surface area (Å²) in [5.41, 5.74) is 1.96. The quantitative estimate of drug-likeness (QED) is 0.637. The summed E-state index contributed by atoms with van der Waals surface area (Å²) in [5, 5.41) is 8.85. The van der Waals surface area contributed by atoms with Crippen molar-refractivity contribution in [2.45, 2.75) is 6.61 Å². The average Bonchev–Trinajstić information content (AvgIpc) is 2.52. The highest BCUT2D eigenvalue weighted by Gasteiger charge is 2.04. The van der Waals surface area contributed by atoms with Gasteiger partial charge in [-0.1, -0.05) is 24.0 Å². The maximum Gasteiger partial charge on any atom is 0.138 e. The molecule has 0 saturated heterocycles. The van der Waals surface area contributed by atoms with Gasteiger partial charge in [-0.3, -0.25) is 0 Å². The zero-order chi connectivity index (χ0) is 15.1. The number of halogens is 2. The van der Waals surface area contributed by atoms with Crippen LogP contribution in [0.4, 0.5) is 4.39 Å². The molecule has 0 aromatic heterocycles. The van der Waals surface area contributed by atoms with Crippen LogP contribution in [0.2, 0.25) is 0 Å². The van der Waals surface area contributed by atoms with Gasteiger partial charge in [0.25, 0.3) is 0 Å². The Morgan fingerprint density at radius 3 is 2.81 bits per heavy atom. The smallest absolute Gasteiger partial charge is 0.138 e. The van der Waals surface area contributed by atoms with E-state index in [4.69, 9.17) is 21.6 Å². The van der Waals surface area contributed by atoms with Crippen LogP contribution in [0.1, 0.15) is 16.7 Å². The Kier molecular flexibility index (Phi) is 5.21. The van der Waals surface area contributed by atoms with Crippen LogP contribution in [0.5, 0.6) is 5.75 Å². The Bertz CT molecular complexity index is 740. The first-order valence-corrected chi connectivity index (χ1v) is 6.72. The van der Waals surface area contributed by atoms with E-state index < -0.39 is 5.82 Å². The Labute approximate surface area is 127 Å². The van der Waals surface area contributed by atoms with Crippen molar-refractivity contribution in [3.8, 4) is 23.7 Å². The van der Waals surface area contributed by atoms with Crippen molar-refractivity contribution < 1.29 is 9.13 Å². The summed E-state index contributed by atoms with van der Waals surface area (Å²) in [7, 11) is 0. The third-order valence-corrected chi connectivity index (χ3v) is 2.82. The zero-order valence-electron chi connectivity index (χ0n) is 11.1. The molecule has 0 fully saturated rings. The van der Waals surface area contributed by atoms with Crippen molar-refractivity contribution in [3.63, 3.8) is 0 Å². The highest BCUT2D eigenvalue weighted by atomic mass is 35.5. The summed E-state index contributed by atoms with van der Waals surface area (Å²) >= 11 is 5.52. The Balaban J connectivity index is 2.19. The molecule has 0 heterocycles. The van der Waals surface area contributed by atoms with Crippen LogP contribution in [0.25, 0.3) is 0 Å². The molecular weight excluding hydrogens is 289 g/mol. The first kappa shape index (κ1) is 14.9. The fourth-order valence-electron chi connectivity index (χ4n) is 1.74. The average molecular weight is 300 g/mol. The highest BCUT2D eigenvalue weighted by Crippen LogP contribution is 2.20. The van der Waals surface area contributed by atoms with E-state index in [1.165, 1.54) is 12.1 Å². The minimum absolute atomic E-state index is 0.195. The van der Waals surface area contributed by atoms with Crippen LogP contribution in [-0.4, -0.2) is 5.88 Å². The molecule has 0 aliphatic carbocycles. The van der Waals surface area contributed by atoms with Gasteiger partial charge in [0.05, 0.1) is 23.1 Å². The van der Waals surface area contributed by atoms with Gasteiger partial charge in [0, 0.05) is 6.07 Å². The summed E-state index contributed by atoms with van der Waals surface area (Å²) in [4.78, 5) is 0. The van der Waals surface area contributed by atoms with Crippen LogP contribution >= 0.6 is 11.6 Å². The number of hydrogen-bond donors (Lipinski definition) is 0. The fourth-order valence-corrected chi connectivity index (χ4v) is 1.81. The van der Waals surface area contributed by atoms with Gasteiger partial charge in [-0.05, 0) is 29.8 Å². The summed E-state index contributed by atoms with van der Waals surface area (Å²) in [5.74, 6) is 5.69. The molecule has 0 unspecified atom stereocenters. The van der Waals surface area contributed by atoms with E-state index in [1.54, 1.807) is 24.3 Å². The van der Waals surface area contributed by atoms with Gasteiger partial charge in [0.2, 0.25) is 0 Å². The number of rotatable bonds is 3. The molecule has 0 amide bonds. The molecule has 0 saturated carbocycles. The molecule has 21 heavy (non-hydrogen) atoms. The molecule has 0 bridgehead atoms. The molecule has 2 nitrogen and oxygen atoms in total. The first-order valence-electron chi connectivity index (χ1n) is 6.19. The van der Waals surface area contributed by atoms with Crippen LogP contribution in [0.15, 0.2) is 42.5 Å². The molecule has 4 heteroatoms. The van der Waals surface area contributed by atoms with Gasteiger partial charge >= 0.3 is 0 Å². The van der Waals surface area contributed by atoms with Crippen molar-refractivity contribution in [1.82, 2.24) is 0 Å². The van der Waals surface area contributed by atoms with Gasteiger partial charge < -0.3 is 4.74 Å². The van der Waals surface area contributed by atoms with E-state index in [0.29, 0.717) is 16.9 Å². The van der Waals surface area contributed by atoms with Gasteiger partial charge in [0.15, 0.2) is 0 Å². The molecule has 104 valence electrons. The zero-order valence-corrected chi connectivity index (χ0v) is 11.8. The maximum atomic E-state index is 13.3. The van der Waals surface area contributed by atoms with Gasteiger partial charge in [-0.25, -0.2) is 4.39 Å². The third kappa shape index (κ3) is 4.24. The summed E-state index contributed by atoms with van der Waals surface area (Å²) < 4.78 is 18.9. The van der Waals surface area contributed by atoms with Gasteiger partial charge in [0.1, 0.15) is 18.2 Å². The van der Waals surface area contributed by atoms with Crippen molar-refractivity contribution in [2.24, 2.45) is 0 Å². The van der Waals surface area contributed by atoms with Crippen molar-refractivity contribution in [1.29, 1.82) is 5.26 Å². The minimum atomic E-state index is -0.396.